The summed E-state index contributed by atoms with van der Waals surface area (Å²) in [6.45, 7) is 9.09. The van der Waals surface area contributed by atoms with Crippen molar-refractivity contribution < 1.29 is 4.74 Å². The lowest BCUT2D eigenvalue weighted by molar-refractivity contribution is 0.0780. The Bertz CT molecular complexity index is 272. The van der Waals surface area contributed by atoms with Crippen molar-refractivity contribution >= 4 is 0 Å². The average molecular weight is 282 g/mol. The van der Waals surface area contributed by atoms with E-state index in [0.29, 0.717) is 11.5 Å². The molecule has 2 rings (SSSR count). The van der Waals surface area contributed by atoms with E-state index in [1.165, 1.54) is 58.0 Å². The minimum atomic E-state index is 0.528. The molecule has 0 aliphatic heterocycles. The second-order valence-electron chi connectivity index (χ2n) is 7.08. The monoisotopic (exact) mass is 282 g/mol. The van der Waals surface area contributed by atoms with Gasteiger partial charge >= 0.3 is 0 Å². The SMILES string of the molecule is CCC(C)N(CCOC)CC1(CNC2CC2)CCCC1. The first-order valence-electron chi connectivity index (χ1n) is 8.65. The first-order chi connectivity index (χ1) is 9.69. The third-order valence-electron chi connectivity index (χ3n) is 5.34. The minimum Gasteiger partial charge on any atom is -0.383 e. The Hall–Kier alpha value is -0.120. The van der Waals surface area contributed by atoms with Crippen molar-refractivity contribution in [2.24, 2.45) is 5.41 Å². The largest absolute Gasteiger partial charge is 0.383 e. The number of ether oxygens (including phenoxy) is 1. The highest BCUT2D eigenvalue weighted by Crippen LogP contribution is 2.39. The molecule has 2 fully saturated rings. The molecule has 2 saturated carbocycles. The van der Waals surface area contributed by atoms with Crippen LogP contribution in [0.15, 0.2) is 0 Å². The molecule has 0 spiro atoms. The molecular formula is C17H34N2O. The van der Waals surface area contributed by atoms with Gasteiger partial charge < -0.3 is 10.1 Å². The van der Waals surface area contributed by atoms with Crippen LogP contribution in [0.2, 0.25) is 0 Å². The van der Waals surface area contributed by atoms with E-state index in [1.54, 1.807) is 0 Å². The van der Waals surface area contributed by atoms with Gasteiger partial charge in [-0.3, -0.25) is 4.90 Å². The molecule has 0 saturated heterocycles. The van der Waals surface area contributed by atoms with Crippen molar-refractivity contribution in [3.05, 3.63) is 0 Å². The van der Waals surface area contributed by atoms with Crippen LogP contribution < -0.4 is 5.32 Å². The molecule has 3 nitrogen and oxygen atoms in total. The maximum atomic E-state index is 5.32. The first kappa shape index (κ1) is 16.3. The van der Waals surface area contributed by atoms with Crippen molar-refractivity contribution in [3.63, 3.8) is 0 Å². The summed E-state index contributed by atoms with van der Waals surface area (Å²) in [4.78, 5) is 2.67. The van der Waals surface area contributed by atoms with Gasteiger partial charge in [0, 0.05) is 38.8 Å². The molecule has 0 radical (unpaired) electrons. The van der Waals surface area contributed by atoms with Gasteiger partial charge in [-0.2, -0.15) is 0 Å². The maximum Gasteiger partial charge on any atom is 0.0589 e. The summed E-state index contributed by atoms with van der Waals surface area (Å²) in [5.41, 5.74) is 0.528. The summed E-state index contributed by atoms with van der Waals surface area (Å²) in [6.07, 6.45) is 9.69. The Morgan fingerprint density at radius 1 is 1.30 bits per heavy atom. The second-order valence-corrected chi connectivity index (χ2v) is 7.08. The summed E-state index contributed by atoms with van der Waals surface area (Å²) in [5.74, 6) is 0. The molecule has 1 N–H and O–H groups in total. The topological polar surface area (TPSA) is 24.5 Å². The van der Waals surface area contributed by atoms with E-state index < -0.39 is 0 Å². The van der Waals surface area contributed by atoms with Gasteiger partial charge in [0.2, 0.25) is 0 Å². The molecule has 1 unspecified atom stereocenters. The Labute approximate surface area is 125 Å². The summed E-state index contributed by atoms with van der Waals surface area (Å²) in [6, 6.07) is 1.51. The van der Waals surface area contributed by atoms with Crippen molar-refractivity contribution in [1.29, 1.82) is 0 Å². The van der Waals surface area contributed by atoms with E-state index >= 15 is 0 Å². The van der Waals surface area contributed by atoms with Crippen LogP contribution in [-0.2, 0) is 4.74 Å². The molecule has 0 aromatic rings. The van der Waals surface area contributed by atoms with E-state index in [4.69, 9.17) is 4.74 Å². The smallest absolute Gasteiger partial charge is 0.0589 e. The fourth-order valence-electron chi connectivity index (χ4n) is 3.52. The zero-order chi connectivity index (χ0) is 14.4. The van der Waals surface area contributed by atoms with E-state index in [1.807, 2.05) is 7.11 Å². The Kier molecular flexibility index (Phi) is 6.31. The fraction of sp³-hybridized carbons (Fsp3) is 1.00. The summed E-state index contributed by atoms with van der Waals surface area (Å²) >= 11 is 0. The number of rotatable bonds is 10. The molecule has 0 heterocycles. The highest BCUT2D eigenvalue weighted by atomic mass is 16.5. The third-order valence-corrected chi connectivity index (χ3v) is 5.34. The lowest BCUT2D eigenvalue weighted by Gasteiger charge is -2.38. The highest BCUT2D eigenvalue weighted by Gasteiger charge is 2.37. The normalized spacial score (nSPS) is 23.4. The maximum absolute atomic E-state index is 5.32. The number of hydrogen-bond acceptors (Lipinski definition) is 3. The Morgan fingerprint density at radius 2 is 2.00 bits per heavy atom. The van der Waals surface area contributed by atoms with E-state index in [-0.39, 0.29) is 0 Å². The van der Waals surface area contributed by atoms with Gasteiger partial charge in [0.15, 0.2) is 0 Å². The van der Waals surface area contributed by atoms with Crippen LogP contribution in [0.25, 0.3) is 0 Å². The molecule has 1 atom stereocenters. The summed E-state index contributed by atoms with van der Waals surface area (Å²) in [7, 11) is 1.81. The molecule has 0 bridgehead atoms. The van der Waals surface area contributed by atoms with Crippen LogP contribution in [0, 0.1) is 5.41 Å². The third kappa shape index (κ3) is 4.71. The predicted molar refractivity (Wildman–Crippen MR) is 85.1 cm³/mol. The highest BCUT2D eigenvalue weighted by molar-refractivity contribution is 4.93. The van der Waals surface area contributed by atoms with E-state index in [2.05, 4.69) is 24.1 Å². The van der Waals surface area contributed by atoms with Crippen molar-refractivity contribution in [3.8, 4) is 0 Å². The predicted octanol–water partition coefficient (Wildman–Crippen LogP) is 3.05. The van der Waals surface area contributed by atoms with E-state index in [0.717, 1.165) is 19.2 Å². The molecule has 2 aliphatic rings. The van der Waals surface area contributed by atoms with Crippen LogP contribution in [0.3, 0.4) is 0 Å². The quantitative estimate of drug-likeness (QED) is 0.666. The molecule has 0 aromatic carbocycles. The van der Waals surface area contributed by atoms with Gasteiger partial charge in [0.05, 0.1) is 6.61 Å². The number of nitrogens with zero attached hydrogens (tertiary/aromatic N) is 1. The van der Waals surface area contributed by atoms with Crippen LogP contribution in [0.5, 0.6) is 0 Å². The molecule has 0 aromatic heterocycles. The lowest BCUT2D eigenvalue weighted by atomic mass is 9.84. The van der Waals surface area contributed by atoms with Crippen LogP contribution >= 0.6 is 0 Å². The van der Waals surface area contributed by atoms with Crippen molar-refractivity contribution in [2.45, 2.75) is 70.9 Å². The number of methoxy groups -OCH3 is 1. The van der Waals surface area contributed by atoms with Crippen LogP contribution in [0.1, 0.15) is 58.8 Å². The second kappa shape index (κ2) is 7.77. The van der Waals surface area contributed by atoms with Gasteiger partial charge in [-0.15, -0.1) is 0 Å². The molecular weight excluding hydrogens is 248 g/mol. The molecule has 0 amide bonds. The number of hydrogen-bond donors (Lipinski definition) is 1. The molecule has 118 valence electrons. The zero-order valence-electron chi connectivity index (χ0n) is 13.8. The standard InChI is InChI=1S/C17H34N2O/c1-4-15(2)19(11-12-20-3)14-17(9-5-6-10-17)13-18-16-7-8-16/h15-16,18H,4-14H2,1-3H3. The fourth-order valence-corrected chi connectivity index (χ4v) is 3.52. The lowest BCUT2D eigenvalue weighted by Crippen LogP contribution is -2.47. The van der Waals surface area contributed by atoms with Gasteiger partial charge in [-0.25, -0.2) is 0 Å². The molecule has 3 heteroatoms. The van der Waals surface area contributed by atoms with Crippen LogP contribution in [-0.4, -0.2) is 50.3 Å². The van der Waals surface area contributed by atoms with Crippen molar-refractivity contribution in [2.75, 3.05) is 33.4 Å². The van der Waals surface area contributed by atoms with Gasteiger partial charge in [0.25, 0.3) is 0 Å². The van der Waals surface area contributed by atoms with E-state index in [9.17, 15) is 0 Å². The Balaban J connectivity index is 1.91. The molecule has 2 aliphatic carbocycles. The summed E-state index contributed by atoms with van der Waals surface area (Å²) < 4.78 is 5.32. The van der Waals surface area contributed by atoms with Gasteiger partial charge in [0.1, 0.15) is 0 Å². The first-order valence-corrected chi connectivity index (χ1v) is 8.65. The van der Waals surface area contributed by atoms with Gasteiger partial charge in [-0.05, 0) is 44.4 Å². The number of nitrogens with one attached hydrogen (secondary N) is 1. The van der Waals surface area contributed by atoms with Gasteiger partial charge in [-0.1, -0.05) is 19.8 Å². The average Bonchev–Trinajstić information content (AvgIpc) is 3.19. The Morgan fingerprint density at radius 3 is 2.55 bits per heavy atom. The molecule has 20 heavy (non-hydrogen) atoms. The van der Waals surface area contributed by atoms with Crippen LogP contribution in [0.4, 0.5) is 0 Å². The summed E-state index contributed by atoms with van der Waals surface area (Å²) in [5, 5.41) is 3.80. The zero-order valence-corrected chi connectivity index (χ0v) is 13.8. The minimum absolute atomic E-state index is 0.528. The van der Waals surface area contributed by atoms with Crippen molar-refractivity contribution in [1.82, 2.24) is 10.2 Å².